The number of hydrogen-bond donors (Lipinski definition) is 0. The lowest BCUT2D eigenvalue weighted by Gasteiger charge is -2.08. The topological polar surface area (TPSA) is 56.3 Å². The van der Waals surface area contributed by atoms with Gasteiger partial charge in [-0.2, -0.15) is 0 Å². The van der Waals surface area contributed by atoms with Crippen molar-refractivity contribution >= 4 is 9.84 Å². The van der Waals surface area contributed by atoms with Crippen molar-refractivity contribution in [1.82, 2.24) is 4.98 Å². The third-order valence-electron chi connectivity index (χ3n) is 2.80. The second-order valence-electron chi connectivity index (χ2n) is 4.79. The van der Waals surface area contributed by atoms with E-state index in [9.17, 15) is 8.42 Å². The van der Waals surface area contributed by atoms with Crippen LogP contribution in [0.4, 0.5) is 0 Å². The molecule has 0 spiro atoms. The zero-order chi connectivity index (χ0) is 14.8. The Hall–Kier alpha value is -1.88. The van der Waals surface area contributed by atoms with Gasteiger partial charge in [0.05, 0.1) is 4.90 Å². The number of benzene rings is 1. The minimum absolute atomic E-state index is 0.292. The van der Waals surface area contributed by atoms with Gasteiger partial charge in [0.1, 0.15) is 12.4 Å². The molecule has 1 heterocycles. The van der Waals surface area contributed by atoms with E-state index in [4.69, 9.17) is 4.74 Å². The van der Waals surface area contributed by atoms with Gasteiger partial charge in [-0.1, -0.05) is 0 Å². The van der Waals surface area contributed by atoms with Crippen molar-refractivity contribution in [3.8, 4) is 5.75 Å². The Morgan fingerprint density at radius 2 is 1.60 bits per heavy atom. The number of aromatic nitrogens is 1. The zero-order valence-corrected chi connectivity index (χ0v) is 12.6. The molecule has 0 amide bonds. The summed E-state index contributed by atoms with van der Waals surface area (Å²) in [5, 5.41) is 0. The first-order chi connectivity index (χ1) is 9.34. The molecule has 0 bridgehead atoms. The molecule has 0 radical (unpaired) electrons. The van der Waals surface area contributed by atoms with Crippen molar-refractivity contribution in [2.75, 3.05) is 6.26 Å². The van der Waals surface area contributed by atoms with Crippen molar-refractivity contribution in [3.05, 3.63) is 53.3 Å². The summed E-state index contributed by atoms with van der Waals surface area (Å²) in [6.07, 6.45) is 1.19. The van der Waals surface area contributed by atoms with E-state index in [1.807, 2.05) is 26.0 Å². The standard InChI is InChI=1S/C15H17NO3S/c1-11-8-13(9-12(2)16-11)10-19-14-4-6-15(7-5-14)20(3,17)18/h4-9H,10H2,1-3H3. The van der Waals surface area contributed by atoms with Gasteiger partial charge in [-0.25, -0.2) is 8.42 Å². The lowest BCUT2D eigenvalue weighted by Crippen LogP contribution is -1.99. The van der Waals surface area contributed by atoms with Crippen molar-refractivity contribution in [3.63, 3.8) is 0 Å². The van der Waals surface area contributed by atoms with Crippen LogP contribution in [0, 0.1) is 13.8 Å². The molecule has 0 N–H and O–H groups in total. The fourth-order valence-corrected chi connectivity index (χ4v) is 2.58. The minimum atomic E-state index is -3.16. The SMILES string of the molecule is Cc1cc(COc2ccc(S(C)(=O)=O)cc2)cc(C)n1. The summed E-state index contributed by atoms with van der Waals surface area (Å²) in [6.45, 7) is 4.32. The maximum atomic E-state index is 11.4. The predicted molar refractivity (Wildman–Crippen MR) is 77.6 cm³/mol. The molecule has 5 heteroatoms. The summed E-state index contributed by atoms with van der Waals surface area (Å²) >= 11 is 0. The normalized spacial score (nSPS) is 11.3. The molecule has 0 aliphatic carbocycles. The van der Waals surface area contributed by atoms with E-state index < -0.39 is 9.84 Å². The molecule has 2 rings (SSSR count). The van der Waals surface area contributed by atoms with Crippen LogP contribution in [0.3, 0.4) is 0 Å². The van der Waals surface area contributed by atoms with Crippen molar-refractivity contribution in [2.24, 2.45) is 0 Å². The van der Waals surface area contributed by atoms with Gasteiger partial charge < -0.3 is 4.74 Å². The van der Waals surface area contributed by atoms with Crippen LogP contribution in [0.15, 0.2) is 41.3 Å². The summed E-state index contributed by atoms with van der Waals surface area (Å²) in [4.78, 5) is 4.60. The summed E-state index contributed by atoms with van der Waals surface area (Å²) in [5.41, 5.74) is 2.95. The lowest BCUT2D eigenvalue weighted by atomic mass is 10.2. The maximum absolute atomic E-state index is 11.4. The number of rotatable bonds is 4. The highest BCUT2D eigenvalue weighted by Gasteiger charge is 2.06. The Morgan fingerprint density at radius 3 is 2.10 bits per heavy atom. The third kappa shape index (κ3) is 3.81. The summed E-state index contributed by atoms with van der Waals surface area (Å²) in [7, 11) is -3.16. The first-order valence-corrected chi connectivity index (χ1v) is 8.11. The third-order valence-corrected chi connectivity index (χ3v) is 3.93. The fraction of sp³-hybridized carbons (Fsp3) is 0.267. The average Bonchev–Trinajstić information content (AvgIpc) is 2.35. The van der Waals surface area contributed by atoms with E-state index in [1.165, 1.54) is 6.26 Å². The molecule has 0 aliphatic heterocycles. The summed E-state index contributed by atoms with van der Waals surface area (Å²) in [6, 6.07) is 10.4. The van der Waals surface area contributed by atoms with Gasteiger partial charge in [0.2, 0.25) is 0 Å². The van der Waals surface area contributed by atoms with Crippen LogP contribution in [-0.2, 0) is 16.4 Å². The Labute approximate surface area is 119 Å². The van der Waals surface area contributed by atoms with Crippen LogP contribution in [-0.4, -0.2) is 19.7 Å². The number of nitrogens with zero attached hydrogens (tertiary/aromatic N) is 1. The Kier molecular flexibility index (Phi) is 4.09. The highest BCUT2D eigenvalue weighted by atomic mass is 32.2. The predicted octanol–water partition coefficient (Wildman–Crippen LogP) is 2.68. The molecule has 106 valence electrons. The van der Waals surface area contributed by atoms with Crippen molar-refractivity contribution in [1.29, 1.82) is 0 Å². The van der Waals surface area contributed by atoms with Gasteiger partial charge in [0, 0.05) is 17.6 Å². The van der Waals surface area contributed by atoms with Gasteiger partial charge in [0.25, 0.3) is 0 Å². The number of ether oxygens (including phenoxy) is 1. The molecule has 0 saturated carbocycles. The molecule has 0 fully saturated rings. The Balaban J connectivity index is 2.07. The van der Waals surface area contributed by atoms with Crippen molar-refractivity contribution < 1.29 is 13.2 Å². The number of sulfone groups is 1. The fourth-order valence-electron chi connectivity index (χ4n) is 1.95. The first kappa shape index (κ1) is 14.5. The molecule has 0 unspecified atom stereocenters. The van der Waals surface area contributed by atoms with Crippen LogP contribution in [0.2, 0.25) is 0 Å². The van der Waals surface area contributed by atoms with E-state index in [0.717, 1.165) is 17.0 Å². The first-order valence-electron chi connectivity index (χ1n) is 6.22. The van der Waals surface area contributed by atoms with Gasteiger partial charge in [-0.15, -0.1) is 0 Å². The number of pyridine rings is 1. The highest BCUT2D eigenvalue weighted by Crippen LogP contribution is 2.17. The van der Waals surface area contributed by atoms with Gasteiger partial charge >= 0.3 is 0 Å². The molecule has 1 aromatic heterocycles. The zero-order valence-electron chi connectivity index (χ0n) is 11.8. The van der Waals surface area contributed by atoms with Crippen LogP contribution in [0.5, 0.6) is 5.75 Å². The van der Waals surface area contributed by atoms with E-state index in [1.54, 1.807) is 24.3 Å². The smallest absolute Gasteiger partial charge is 0.175 e. The maximum Gasteiger partial charge on any atom is 0.175 e. The van der Waals surface area contributed by atoms with Crippen LogP contribution < -0.4 is 4.74 Å². The summed E-state index contributed by atoms with van der Waals surface area (Å²) in [5.74, 6) is 0.643. The molecule has 0 aliphatic rings. The molecule has 0 saturated heterocycles. The quantitative estimate of drug-likeness (QED) is 0.869. The van der Waals surface area contributed by atoms with Crippen LogP contribution in [0.1, 0.15) is 17.0 Å². The molecular formula is C15H17NO3S. The number of hydrogen-bond acceptors (Lipinski definition) is 4. The molecule has 2 aromatic rings. The lowest BCUT2D eigenvalue weighted by molar-refractivity contribution is 0.305. The van der Waals surface area contributed by atoms with Crippen LogP contribution in [0.25, 0.3) is 0 Å². The summed E-state index contributed by atoms with van der Waals surface area (Å²) < 4.78 is 28.3. The van der Waals surface area contributed by atoms with E-state index in [0.29, 0.717) is 17.3 Å². The van der Waals surface area contributed by atoms with Gasteiger partial charge in [0.15, 0.2) is 9.84 Å². The van der Waals surface area contributed by atoms with Crippen molar-refractivity contribution in [2.45, 2.75) is 25.3 Å². The molecule has 20 heavy (non-hydrogen) atoms. The Bertz CT molecular complexity index is 686. The van der Waals surface area contributed by atoms with E-state index in [2.05, 4.69) is 4.98 Å². The van der Waals surface area contributed by atoms with Crippen LogP contribution >= 0.6 is 0 Å². The highest BCUT2D eigenvalue weighted by molar-refractivity contribution is 7.90. The molecular weight excluding hydrogens is 274 g/mol. The second kappa shape index (κ2) is 5.63. The van der Waals surface area contributed by atoms with E-state index in [-0.39, 0.29) is 0 Å². The largest absolute Gasteiger partial charge is 0.489 e. The number of aryl methyl sites for hydroxylation is 2. The van der Waals surface area contributed by atoms with Gasteiger partial charge in [-0.05, 0) is 55.8 Å². The average molecular weight is 291 g/mol. The molecule has 4 nitrogen and oxygen atoms in total. The second-order valence-corrected chi connectivity index (χ2v) is 6.81. The van der Waals surface area contributed by atoms with E-state index >= 15 is 0 Å². The Morgan fingerprint density at radius 1 is 1.05 bits per heavy atom. The molecule has 1 aromatic carbocycles. The minimum Gasteiger partial charge on any atom is -0.489 e. The van der Waals surface area contributed by atoms with Gasteiger partial charge in [-0.3, -0.25) is 4.98 Å². The monoisotopic (exact) mass is 291 g/mol. The molecule has 0 atom stereocenters.